The summed E-state index contributed by atoms with van der Waals surface area (Å²) in [5.74, 6) is 0. The number of aldehydes is 1. The first-order chi connectivity index (χ1) is 12.2. The van der Waals surface area contributed by atoms with E-state index in [4.69, 9.17) is 14.2 Å². The summed E-state index contributed by atoms with van der Waals surface area (Å²) in [4.78, 5) is 25.4. The van der Waals surface area contributed by atoms with Crippen molar-refractivity contribution in [3.05, 3.63) is 35.9 Å². The maximum atomic E-state index is 12.5. The van der Waals surface area contributed by atoms with Crippen molar-refractivity contribution in [2.24, 2.45) is 0 Å². The highest BCUT2D eigenvalue weighted by molar-refractivity contribution is 5.69. The molecule has 2 aliphatic rings. The number of hydrogen-bond acceptors (Lipinski definition) is 5. The summed E-state index contributed by atoms with van der Waals surface area (Å²) in [6.07, 6.45) is 2.89. The molecule has 0 N–H and O–H groups in total. The molecule has 2 fully saturated rings. The zero-order valence-electron chi connectivity index (χ0n) is 14.5. The van der Waals surface area contributed by atoms with E-state index in [1.165, 1.54) is 0 Å². The minimum Gasteiger partial charge on any atom is -0.445 e. The Bertz CT molecular complexity index is 564. The van der Waals surface area contributed by atoms with Gasteiger partial charge in [0.25, 0.3) is 0 Å². The molecule has 0 saturated carbocycles. The van der Waals surface area contributed by atoms with Gasteiger partial charge in [0.15, 0.2) is 6.29 Å². The van der Waals surface area contributed by atoms with E-state index >= 15 is 0 Å². The number of benzene rings is 1. The molecule has 3 unspecified atom stereocenters. The quantitative estimate of drug-likeness (QED) is 0.560. The second-order valence-corrected chi connectivity index (χ2v) is 6.52. The summed E-state index contributed by atoms with van der Waals surface area (Å²) in [5.41, 5.74) is 0.979. The molecule has 0 aromatic heterocycles. The molecule has 0 spiro atoms. The lowest BCUT2D eigenvalue weighted by Crippen LogP contribution is -2.49. The Morgan fingerprint density at radius 3 is 2.52 bits per heavy atom. The number of carbonyl (C=O) groups is 2. The Hall–Kier alpha value is -1.92. The smallest absolute Gasteiger partial charge is 0.410 e. The number of carbonyl (C=O) groups excluding carboxylic acids is 2. The summed E-state index contributed by atoms with van der Waals surface area (Å²) in [7, 11) is 0. The average Bonchev–Trinajstić information content (AvgIpc) is 2.91. The predicted octanol–water partition coefficient (Wildman–Crippen LogP) is 2.90. The average molecular weight is 347 g/mol. The minimum absolute atomic E-state index is 0.0579. The topological polar surface area (TPSA) is 65.1 Å². The Balaban J connectivity index is 1.53. The van der Waals surface area contributed by atoms with Gasteiger partial charge >= 0.3 is 6.09 Å². The molecule has 2 bridgehead atoms. The van der Waals surface area contributed by atoms with Gasteiger partial charge in [0.2, 0.25) is 6.29 Å². The fourth-order valence-electron chi connectivity index (χ4n) is 3.79. The summed E-state index contributed by atoms with van der Waals surface area (Å²) in [6, 6.07) is 9.90. The van der Waals surface area contributed by atoms with Crippen LogP contribution in [0.25, 0.3) is 0 Å². The predicted molar refractivity (Wildman–Crippen MR) is 90.9 cm³/mol. The molecule has 3 rings (SSSR count). The molecule has 3 atom stereocenters. The van der Waals surface area contributed by atoms with Crippen molar-refractivity contribution in [1.29, 1.82) is 0 Å². The van der Waals surface area contributed by atoms with Gasteiger partial charge in [0.1, 0.15) is 6.61 Å². The normalized spacial score (nSPS) is 26.3. The van der Waals surface area contributed by atoms with Crippen molar-refractivity contribution in [1.82, 2.24) is 4.90 Å². The van der Waals surface area contributed by atoms with Crippen LogP contribution in [-0.2, 0) is 25.6 Å². The minimum atomic E-state index is -0.814. The summed E-state index contributed by atoms with van der Waals surface area (Å²) in [5, 5.41) is 0. The Kier molecular flexibility index (Phi) is 6.04. The van der Waals surface area contributed by atoms with Crippen molar-refractivity contribution >= 4 is 12.4 Å². The summed E-state index contributed by atoms with van der Waals surface area (Å²) < 4.78 is 16.5. The molecular weight excluding hydrogens is 322 g/mol. The molecule has 6 nitrogen and oxygen atoms in total. The first-order valence-electron chi connectivity index (χ1n) is 8.92. The van der Waals surface area contributed by atoms with Crippen molar-refractivity contribution in [3.63, 3.8) is 0 Å². The molecule has 1 amide bonds. The van der Waals surface area contributed by atoms with Crippen LogP contribution in [0.5, 0.6) is 0 Å². The number of piperidine rings is 1. The van der Waals surface area contributed by atoms with Crippen LogP contribution in [0.4, 0.5) is 4.79 Å². The molecular formula is C19H25NO5. The van der Waals surface area contributed by atoms with E-state index in [0.29, 0.717) is 25.7 Å². The fourth-order valence-corrected chi connectivity index (χ4v) is 3.79. The van der Waals surface area contributed by atoms with Gasteiger partial charge in [-0.1, -0.05) is 30.3 Å². The highest BCUT2D eigenvalue weighted by Crippen LogP contribution is 2.37. The summed E-state index contributed by atoms with van der Waals surface area (Å²) >= 11 is 0. The van der Waals surface area contributed by atoms with Crippen LogP contribution in [0.3, 0.4) is 0 Å². The first-order valence-corrected chi connectivity index (χ1v) is 8.92. The molecule has 25 heavy (non-hydrogen) atoms. The Morgan fingerprint density at radius 2 is 1.92 bits per heavy atom. The SMILES string of the molecule is CCOC(C=O)OC1CC2CCC(C1)N2C(=O)OCc1ccccc1. The third-order valence-corrected chi connectivity index (χ3v) is 4.87. The van der Waals surface area contributed by atoms with Gasteiger partial charge in [0, 0.05) is 18.7 Å². The van der Waals surface area contributed by atoms with Crippen LogP contribution >= 0.6 is 0 Å². The van der Waals surface area contributed by atoms with Gasteiger partial charge in [-0.3, -0.25) is 4.79 Å². The number of rotatable bonds is 7. The van der Waals surface area contributed by atoms with Crippen LogP contribution < -0.4 is 0 Å². The molecule has 2 saturated heterocycles. The van der Waals surface area contributed by atoms with E-state index in [0.717, 1.165) is 18.4 Å². The third kappa shape index (κ3) is 4.38. The Morgan fingerprint density at radius 1 is 1.24 bits per heavy atom. The maximum Gasteiger partial charge on any atom is 0.410 e. The van der Waals surface area contributed by atoms with Gasteiger partial charge < -0.3 is 19.1 Å². The van der Waals surface area contributed by atoms with Gasteiger partial charge in [-0.15, -0.1) is 0 Å². The van der Waals surface area contributed by atoms with E-state index in [9.17, 15) is 9.59 Å². The molecule has 2 heterocycles. The molecule has 1 aromatic rings. The maximum absolute atomic E-state index is 12.5. The van der Waals surface area contributed by atoms with Gasteiger partial charge in [0.05, 0.1) is 6.10 Å². The summed E-state index contributed by atoms with van der Waals surface area (Å²) in [6.45, 7) is 2.54. The van der Waals surface area contributed by atoms with Gasteiger partial charge in [-0.25, -0.2) is 4.79 Å². The zero-order chi connectivity index (χ0) is 17.6. The number of nitrogens with zero attached hydrogens (tertiary/aromatic N) is 1. The van der Waals surface area contributed by atoms with Crippen LogP contribution in [0.1, 0.15) is 38.2 Å². The second kappa shape index (κ2) is 8.45. The lowest BCUT2D eigenvalue weighted by molar-refractivity contribution is -0.179. The molecule has 2 aliphatic heterocycles. The molecule has 6 heteroatoms. The largest absolute Gasteiger partial charge is 0.445 e. The van der Waals surface area contributed by atoms with Crippen LogP contribution in [0.15, 0.2) is 30.3 Å². The number of hydrogen-bond donors (Lipinski definition) is 0. The second-order valence-electron chi connectivity index (χ2n) is 6.52. The number of fused-ring (bicyclic) bond motifs is 2. The highest BCUT2D eigenvalue weighted by atomic mass is 16.7. The van der Waals surface area contributed by atoms with Gasteiger partial charge in [-0.2, -0.15) is 0 Å². The number of ether oxygens (including phenoxy) is 3. The van der Waals surface area contributed by atoms with Crippen LogP contribution in [0, 0.1) is 0 Å². The Labute approximate surface area is 148 Å². The van der Waals surface area contributed by atoms with Crippen LogP contribution in [0.2, 0.25) is 0 Å². The van der Waals surface area contributed by atoms with Crippen molar-refractivity contribution in [3.8, 4) is 0 Å². The van der Waals surface area contributed by atoms with E-state index in [1.807, 2.05) is 42.2 Å². The monoisotopic (exact) mass is 347 g/mol. The standard InChI is InChI=1S/C19H25NO5/c1-2-23-18(12-21)25-17-10-15-8-9-16(11-17)20(15)19(22)24-13-14-6-4-3-5-7-14/h3-7,12,15-18H,2,8-11,13H2,1H3. The first kappa shape index (κ1) is 17.9. The van der Waals surface area contributed by atoms with Crippen molar-refractivity contribution in [2.45, 2.75) is 63.7 Å². The molecule has 1 aromatic carbocycles. The van der Waals surface area contributed by atoms with E-state index in [1.54, 1.807) is 0 Å². The van der Waals surface area contributed by atoms with Crippen LogP contribution in [-0.4, -0.2) is 48.4 Å². The molecule has 136 valence electrons. The zero-order valence-corrected chi connectivity index (χ0v) is 14.5. The lowest BCUT2D eigenvalue weighted by atomic mass is 10.0. The van der Waals surface area contributed by atoms with E-state index < -0.39 is 6.29 Å². The van der Waals surface area contributed by atoms with E-state index in [2.05, 4.69) is 0 Å². The van der Waals surface area contributed by atoms with Crippen molar-refractivity contribution < 1.29 is 23.8 Å². The van der Waals surface area contributed by atoms with E-state index in [-0.39, 0.29) is 30.9 Å². The van der Waals surface area contributed by atoms with Gasteiger partial charge in [-0.05, 0) is 38.2 Å². The third-order valence-electron chi connectivity index (χ3n) is 4.87. The number of amides is 1. The molecule has 0 aliphatic carbocycles. The molecule has 0 radical (unpaired) electrons. The highest BCUT2D eigenvalue weighted by Gasteiger charge is 2.45. The van der Waals surface area contributed by atoms with Crippen molar-refractivity contribution in [2.75, 3.05) is 6.61 Å². The lowest BCUT2D eigenvalue weighted by Gasteiger charge is -2.38. The fraction of sp³-hybridized carbons (Fsp3) is 0.579.